The molecule has 0 bridgehead atoms. The maximum atomic E-state index is 12.6. The van der Waals surface area contributed by atoms with Gasteiger partial charge in [-0.1, -0.05) is 0 Å². The van der Waals surface area contributed by atoms with Gasteiger partial charge in [-0.25, -0.2) is 8.42 Å². The predicted molar refractivity (Wildman–Crippen MR) is 78.0 cm³/mol. The van der Waals surface area contributed by atoms with Gasteiger partial charge in [0.1, 0.15) is 6.04 Å². The van der Waals surface area contributed by atoms with Crippen LogP contribution >= 0.6 is 0 Å². The fraction of sp³-hybridized carbons (Fsp3) is 0.667. The highest BCUT2D eigenvalue weighted by atomic mass is 32.2. The SMILES string of the molecule is CNC(C(=O)N1CCN(S(C)(=O)=O)CC1)c1cnn(C)c1. The molecule has 1 saturated heterocycles. The number of piperazine rings is 1. The molecule has 1 atom stereocenters. The highest BCUT2D eigenvalue weighted by molar-refractivity contribution is 7.88. The lowest BCUT2D eigenvalue weighted by atomic mass is 10.1. The number of aryl methyl sites for hydroxylation is 1. The summed E-state index contributed by atoms with van der Waals surface area (Å²) in [6.45, 7) is 1.50. The number of hydrogen-bond acceptors (Lipinski definition) is 5. The molecular formula is C12H21N5O3S. The maximum absolute atomic E-state index is 12.6. The molecule has 0 saturated carbocycles. The molecule has 0 spiro atoms. The molecule has 1 aliphatic rings. The summed E-state index contributed by atoms with van der Waals surface area (Å²) in [4.78, 5) is 14.2. The summed E-state index contributed by atoms with van der Waals surface area (Å²) < 4.78 is 26.0. The van der Waals surface area contributed by atoms with Crippen molar-refractivity contribution in [3.8, 4) is 0 Å². The van der Waals surface area contributed by atoms with E-state index in [1.54, 1.807) is 36.1 Å². The van der Waals surface area contributed by atoms with Gasteiger partial charge < -0.3 is 10.2 Å². The number of carbonyl (C=O) groups is 1. The van der Waals surface area contributed by atoms with Gasteiger partial charge in [0.25, 0.3) is 0 Å². The normalized spacial score (nSPS) is 18.7. The van der Waals surface area contributed by atoms with Crippen molar-refractivity contribution in [1.82, 2.24) is 24.3 Å². The highest BCUT2D eigenvalue weighted by Gasteiger charge is 2.30. The number of sulfonamides is 1. The molecule has 21 heavy (non-hydrogen) atoms. The molecule has 1 aliphatic heterocycles. The van der Waals surface area contributed by atoms with Crippen LogP contribution in [0.1, 0.15) is 11.6 Å². The number of likely N-dealkylation sites (N-methyl/N-ethyl adjacent to an activating group) is 1. The van der Waals surface area contributed by atoms with E-state index in [0.717, 1.165) is 5.56 Å². The molecule has 1 N–H and O–H groups in total. The number of hydrogen-bond donors (Lipinski definition) is 1. The molecule has 1 unspecified atom stereocenters. The monoisotopic (exact) mass is 315 g/mol. The molecule has 9 heteroatoms. The standard InChI is InChI=1S/C12H21N5O3S/c1-13-11(10-8-14-15(2)9-10)12(18)16-4-6-17(7-5-16)21(3,19)20/h8-9,11,13H,4-7H2,1-3H3. The molecule has 2 rings (SSSR count). The minimum Gasteiger partial charge on any atom is -0.338 e. The first-order valence-corrected chi connectivity index (χ1v) is 8.57. The van der Waals surface area contributed by atoms with Gasteiger partial charge in [-0.3, -0.25) is 9.48 Å². The lowest BCUT2D eigenvalue weighted by Gasteiger charge is -2.35. The molecule has 1 aromatic rings. The van der Waals surface area contributed by atoms with Crippen molar-refractivity contribution in [3.05, 3.63) is 18.0 Å². The van der Waals surface area contributed by atoms with Crippen molar-refractivity contribution in [2.24, 2.45) is 7.05 Å². The van der Waals surface area contributed by atoms with E-state index >= 15 is 0 Å². The zero-order valence-corrected chi connectivity index (χ0v) is 13.3. The van der Waals surface area contributed by atoms with Crippen LogP contribution in [0, 0.1) is 0 Å². The summed E-state index contributed by atoms with van der Waals surface area (Å²) in [6, 6.07) is -0.455. The zero-order chi connectivity index (χ0) is 15.6. The van der Waals surface area contributed by atoms with Crippen LogP contribution in [0.3, 0.4) is 0 Å². The third kappa shape index (κ3) is 3.60. The quantitative estimate of drug-likeness (QED) is 0.753. The summed E-state index contributed by atoms with van der Waals surface area (Å²) >= 11 is 0. The highest BCUT2D eigenvalue weighted by Crippen LogP contribution is 2.16. The van der Waals surface area contributed by atoms with Gasteiger partial charge in [0.2, 0.25) is 15.9 Å². The van der Waals surface area contributed by atoms with Crippen molar-refractivity contribution in [2.45, 2.75) is 6.04 Å². The first-order valence-electron chi connectivity index (χ1n) is 6.72. The van der Waals surface area contributed by atoms with Crippen LogP contribution < -0.4 is 5.32 Å². The second-order valence-electron chi connectivity index (χ2n) is 5.16. The first kappa shape index (κ1) is 15.9. The largest absolute Gasteiger partial charge is 0.338 e. The number of nitrogens with one attached hydrogen (secondary N) is 1. The Morgan fingerprint density at radius 1 is 1.33 bits per heavy atom. The van der Waals surface area contributed by atoms with E-state index in [0.29, 0.717) is 26.2 Å². The van der Waals surface area contributed by atoms with E-state index in [2.05, 4.69) is 10.4 Å². The number of carbonyl (C=O) groups excluding carboxylic acids is 1. The number of rotatable bonds is 4. The van der Waals surface area contributed by atoms with Crippen LogP contribution in [0.5, 0.6) is 0 Å². The van der Waals surface area contributed by atoms with Gasteiger partial charge in [0.15, 0.2) is 0 Å². The minimum atomic E-state index is -3.18. The molecule has 1 aromatic heterocycles. The molecule has 0 aromatic carbocycles. The fourth-order valence-corrected chi connectivity index (χ4v) is 3.27. The number of nitrogens with zero attached hydrogens (tertiary/aromatic N) is 4. The van der Waals surface area contributed by atoms with Crippen LogP contribution in [-0.2, 0) is 21.9 Å². The Balaban J connectivity index is 2.04. The average Bonchev–Trinajstić information content (AvgIpc) is 2.85. The maximum Gasteiger partial charge on any atom is 0.244 e. The number of amides is 1. The van der Waals surface area contributed by atoms with Crippen LogP contribution in [0.4, 0.5) is 0 Å². The summed E-state index contributed by atoms with van der Waals surface area (Å²) in [7, 11) is 0.338. The third-order valence-electron chi connectivity index (χ3n) is 3.61. The molecule has 1 amide bonds. The van der Waals surface area contributed by atoms with Gasteiger partial charge >= 0.3 is 0 Å². The summed E-state index contributed by atoms with van der Waals surface area (Å²) in [5.41, 5.74) is 0.801. The van der Waals surface area contributed by atoms with Crippen molar-refractivity contribution >= 4 is 15.9 Å². The second kappa shape index (κ2) is 6.12. The fourth-order valence-electron chi connectivity index (χ4n) is 2.44. The molecule has 118 valence electrons. The molecule has 0 radical (unpaired) electrons. The molecule has 2 heterocycles. The van der Waals surface area contributed by atoms with E-state index in [4.69, 9.17) is 0 Å². The average molecular weight is 315 g/mol. The first-order chi connectivity index (χ1) is 9.82. The van der Waals surface area contributed by atoms with Gasteiger partial charge in [-0.2, -0.15) is 9.40 Å². The molecule has 0 aliphatic carbocycles. The van der Waals surface area contributed by atoms with E-state index in [-0.39, 0.29) is 5.91 Å². The Bertz CT molecular complexity index is 604. The minimum absolute atomic E-state index is 0.0568. The van der Waals surface area contributed by atoms with Crippen LogP contribution in [0.25, 0.3) is 0 Å². The van der Waals surface area contributed by atoms with Crippen LogP contribution in [0.2, 0.25) is 0 Å². The van der Waals surface area contributed by atoms with E-state index in [1.807, 2.05) is 0 Å². The molecule has 8 nitrogen and oxygen atoms in total. The van der Waals surface area contributed by atoms with Gasteiger partial charge in [-0.15, -0.1) is 0 Å². The van der Waals surface area contributed by atoms with Crippen LogP contribution in [-0.4, -0.2) is 72.8 Å². The topological polar surface area (TPSA) is 87.5 Å². The Morgan fingerprint density at radius 3 is 2.38 bits per heavy atom. The lowest BCUT2D eigenvalue weighted by molar-refractivity contribution is -0.134. The Labute approximate surface area is 124 Å². The summed E-state index contributed by atoms with van der Waals surface area (Å²) in [5.74, 6) is -0.0568. The van der Waals surface area contributed by atoms with Crippen molar-refractivity contribution in [3.63, 3.8) is 0 Å². The summed E-state index contributed by atoms with van der Waals surface area (Å²) in [5, 5.41) is 7.07. The van der Waals surface area contributed by atoms with E-state index < -0.39 is 16.1 Å². The van der Waals surface area contributed by atoms with Gasteiger partial charge in [0.05, 0.1) is 12.5 Å². The van der Waals surface area contributed by atoms with Gasteiger partial charge in [0, 0.05) is 45.0 Å². The van der Waals surface area contributed by atoms with E-state index in [9.17, 15) is 13.2 Å². The number of aromatic nitrogens is 2. The van der Waals surface area contributed by atoms with Crippen molar-refractivity contribution in [2.75, 3.05) is 39.5 Å². The van der Waals surface area contributed by atoms with Crippen LogP contribution in [0.15, 0.2) is 12.4 Å². The predicted octanol–water partition coefficient (Wildman–Crippen LogP) is -1.22. The Hall–Kier alpha value is -1.45. The molecule has 1 fully saturated rings. The van der Waals surface area contributed by atoms with Crippen molar-refractivity contribution in [1.29, 1.82) is 0 Å². The summed E-state index contributed by atoms with van der Waals surface area (Å²) in [6.07, 6.45) is 4.65. The smallest absolute Gasteiger partial charge is 0.244 e. The lowest BCUT2D eigenvalue weighted by Crippen LogP contribution is -2.52. The Morgan fingerprint density at radius 2 is 1.95 bits per heavy atom. The van der Waals surface area contributed by atoms with Crippen molar-refractivity contribution < 1.29 is 13.2 Å². The third-order valence-corrected chi connectivity index (χ3v) is 4.92. The zero-order valence-electron chi connectivity index (χ0n) is 12.5. The van der Waals surface area contributed by atoms with E-state index in [1.165, 1.54) is 10.6 Å². The molecular weight excluding hydrogens is 294 g/mol. The van der Waals surface area contributed by atoms with Gasteiger partial charge in [-0.05, 0) is 7.05 Å². The Kier molecular flexibility index (Phi) is 4.64. The second-order valence-corrected chi connectivity index (χ2v) is 7.14.